The Bertz CT molecular complexity index is 226. The summed E-state index contributed by atoms with van der Waals surface area (Å²) < 4.78 is 0. The minimum Gasteiger partial charge on any atom is -0.355 e. The van der Waals surface area contributed by atoms with E-state index in [2.05, 4.69) is 17.6 Å². The number of amides is 1. The van der Waals surface area contributed by atoms with Crippen molar-refractivity contribution in [3.05, 3.63) is 0 Å². The first-order chi connectivity index (χ1) is 7.27. The SMILES string of the molecule is CC1CCCNC1C(=O)NCCC1CC1. The molecule has 0 aromatic rings. The van der Waals surface area contributed by atoms with Crippen LogP contribution in [0.25, 0.3) is 0 Å². The van der Waals surface area contributed by atoms with Gasteiger partial charge in [0.2, 0.25) is 5.91 Å². The summed E-state index contributed by atoms with van der Waals surface area (Å²) in [6, 6.07) is 0.0537. The molecule has 0 spiro atoms. The van der Waals surface area contributed by atoms with Crippen LogP contribution in [0.2, 0.25) is 0 Å². The lowest BCUT2D eigenvalue weighted by Gasteiger charge is -2.28. The quantitative estimate of drug-likeness (QED) is 0.734. The number of hydrogen-bond donors (Lipinski definition) is 2. The van der Waals surface area contributed by atoms with Gasteiger partial charge in [-0.1, -0.05) is 19.8 Å². The normalized spacial score (nSPS) is 31.3. The van der Waals surface area contributed by atoms with E-state index in [1.807, 2.05) is 0 Å². The third-order valence-corrected chi connectivity index (χ3v) is 3.60. The topological polar surface area (TPSA) is 41.1 Å². The van der Waals surface area contributed by atoms with Crippen molar-refractivity contribution in [2.24, 2.45) is 11.8 Å². The van der Waals surface area contributed by atoms with Gasteiger partial charge in [-0.05, 0) is 37.6 Å². The second kappa shape index (κ2) is 4.97. The van der Waals surface area contributed by atoms with Crippen molar-refractivity contribution in [3.8, 4) is 0 Å². The molecule has 0 aromatic carbocycles. The van der Waals surface area contributed by atoms with E-state index in [1.165, 1.54) is 32.1 Å². The molecule has 2 N–H and O–H groups in total. The Morgan fingerprint density at radius 1 is 1.40 bits per heavy atom. The molecule has 2 fully saturated rings. The van der Waals surface area contributed by atoms with Gasteiger partial charge in [0.25, 0.3) is 0 Å². The molecule has 1 aliphatic heterocycles. The first-order valence-corrected chi connectivity index (χ1v) is 6.28. The summed E-state index contributed by atoms with van der Waals surface area (Å²) >= 11 is 0. The summed E-state index contributed by atoms with van der Waals surface area (Å²) in [6.45, 7) is 4.02. The van der Waals surface area contributed by atoms with E-state index in [1.54, 1.807) is 0 Å². The van der Waals surface area contributed by atoms with Crippen LogP contribution in [0.4, 0.5) is 0 Å². The molecule has 1 amide bonds. The number of hydrogen-bond acceptors (Lipinski definition) is 2. The molecule has 2 rings (SSSR count). The van der Waals surface area contributed by atoms with Crippen LogP contribution in [0.3, 0.4) is 0 Å². The van der Waals surface area contributed by atoms with Crippen LogP contribution in [-0.2, 0) is 4.79 Å². The van der Waals surface area contributed by atoms with E-state index in [4.69, 9.17) is 0 Å². The second-order valence-electron chi connectivity index (χ2n) is 5.07. The van der Waals surface area contributed by atoms with E-state index < -0.39 is 0 Å². The molecule has 0 bridgehead atoms. The van der Waals surface area contributed by atoms with Gasteiger partial charge in [0.1, 0.15) is 0 Å². The smallest absolute Gasteiger partial charge is 0.237 e. The monoisotopic (exact) mass is 210 g/mol. The third kappa shape index (κ3) is 3.20. The van der Waals surface area contributed by atoms with Crippen molar-refractivity contribution < 1.29 is 4.79 Å². The van der Waals surface area contributed by atoms with Crippen LogP contribution in [0.1, 0.15) is 39.0 Å². The molecular formula is C12H22N2O. The number of carbonyl (C=O) groups is 1. The fourth-order valence-corrected chi connectivity index (χ4v) is 2.32. The zero-order valence-corrected chi connectivity index (χ0v) is 9.59. The highest BCUT2D eigenvalue weighted by Crippen LogP contribution is 2.31. The van der Waals surface area contributed by atoms with Crippen molar-refractivity contribution >= 4 is 5.91 Å². The maximum Gasteiger partial charge on any atom is 0.237 e. The summed E-state index contributed by atoms with van der Waals surface area (Å²) in [5.74, 6) is 1.60. The van der Waals surface area contributed by atoms with Gasteiger partial charge in [-0.3, -0.25) is 4.79 Å². The summed E-state index contributed by atoms with van der Waals surface area (Å²) in [5.41, 5.74) is 0. The highest BCUT2D eigenvalue weighted by molar-refractivity contribution is 5.82. The molecule has 2 atom stereocenters. The van der Waals surface area contributed by atoms with Gasteiger partial charge in [0.05, 0.1) is 6.04 Å². The highest BCUT2D eigenvalue weighted by Gasteiger charge is 2.27. The summed E-state index contributed by atoms with van der Waals surface area (Å²) in [6.07, 6.45) is 6.29. The van der Waals surface area contributed by atoms with Gasteiger partial charge in [-0.25, -0.2) is 0 Å². The van der Waals surface area contributed by atoms with Crippen LogP contribution in [-0.4, -0.2) is 25.0 Å². The number of nitrogens with one attached hydrogen (secondary N) is 2. The van der Waals surface area contributed by atoms with E-state index >= 15 is 0 Å². The van der Waals surface area contributed by atoms with Gasteiger partial charge in [0.15, 0.2) is 0 Å². The molecule has 0 aromatic heterocycles. The van der Waals surface area contributed by atoms with Crippen molar-refractivity contribution in [2.45, 2.75) is 45.1 Å². The van der Waals surface area contributed by atoms with Gasteiger partial charge in [-0.2, -0.15) is 0 Å². The maximum absolute atomic E-state index is 11.8. The largest absolute Gasteiger partial charge is 0.355 e. The first-order valence-electron chi connectivity index (χ1n) is 6.28. The van der Waals surface area contributed by atoms with E-state index in [0.717, 1.165) is 19.0 Å². The van der Waals surface area contributed by atoms with E-state index in [-0.39, 0.29) is 11.9 Å². The lowest BCUT2D eigenvalue weighted by Crippen LogP contribution is -2.51. The van der Waals surface area contributed by atoms with Crippen LogP contribution < -0.4 is 10.6 Å². The molecule has 1 heterocycles. The first kappa shape index (κ1) is 10.9. The molecule has 3 heteroatoms. The number of piperidine rings is 1. The minimum atomic E-state index is 0.0537. The summed E-state index contributed by atoms with van der Waals surface area (Å²) in [5, 5.41) is 6.36. The predicted octanol–water partition coefficient (Wildman–Crippen LogP) is 1.29. The Kier molecular flexibility index (Phi) is 3.62. The lowest BCUT2D eigenvalue weighted by atomic mass is 9.92. The Balaban J connectivity index is 1.68. The molecule has 2 unspecified atom stereocenters. The van der Waals surface area contributed by atoms with E-state index in [9.17, 15) is 4.79 Å². The predicted molar refractivity (Wildman–Crippen MR) is 60.5 cm³/mol. The van der Waals surface area contributed by atoms with Crippen LogP contribution >= 0.6 is 0 Å². The molecule has 2 aliphatic rings. The summed E-state index contributed by atoms with van der Waals surface area (Å²) in [4.78, 5) is 11.8. The molecule has 3 nitrogen and oxygen atoms in total. The molecule has 1 saturated carbocycles. The molecule has 86 valence electrons. The average molecular weight is 210 g/mol. The molecule has 1 saturated heterocycles. The van der Waals surface area contributed by atoms with Gasteiger partial charge in [-0.15, -0.1) is 0 Å². The van der Waals surface area contributed by atoms with Crippen LogP contribution in [0, 0.1) is 11.8 Å². The standard InChI is InChI=1S/C12H22N2O/c1-9-3-2-7-13-11(9)12(15)14-8-6-10-4-5-10/h9-11,13H,2-8H2,1H3,(H,14,15). The highest BCUT2D eigenvalue weighted by atomic mass is 16.2. The van der Waals surface area contributed by atoms with Gasteiger partial charge in [0, 0.05) is 6.54 Å². The Hall–Kier alpha value is -0.570. The Morgan fingerprint density at radius 3 is 2.87 bits per heavy atom. The maximum atomic E-state index is 11.8. The van der Waals surface area contributed by atoms with Crippen molar-refractivity contribution in [2.75, 3.05) is 13.1 Å². The zero-order valence-electron chi connectivity index (χ0n) is 9.59. The minimum absolute atomic E-state index is 0.0537. The number of carbonyl (C=O) groups excluding carboxylic acids is 1. The lowest BCUT2D eigenvalue weighted by molar-refractivity contribution is -0.124. The van der Waals surface area contributed by atoms with Crippen molar-refractivity contribution in [1.29, 1.82) is 0 Å². The van der Waals surface area contributed by atoms with Crippen LogP contribution in [0.5, 0.6) is 0 Å². The van der Waals surface area contributed by atoms with Crippen molar-refractivity contribution in [3.63, 3.8) is 0 Å². The molecular weight excluding hydrogens is 188 g/mol. The molecule has 15 heavy (non-hydrogen) atoms. The second-order valence-corrected chi connectivity index (χ2v) is 5.07. The zero-order chi connectivity index (χ0) is 10.7. The fraction of sp³-hybridized carbons (Fsp3) is 0.917. The fourth-order valence-electron chi connectivity index (χ4n) is 2.32. The van der Waals surface area contributed by atoms with Gasteiger partial charge < -0.3 is 10.6 Å². The molecule has 1 aliphatic carbocycles. The van der Waals surface area contributed by atoms with E-state index in [0.29, 0.717) is 5.92 Å². The summed E-state index contributed by atoms with van der Waals surface area (Å²) in [7, 11) is 0. The molecule has 0 radical (unpaired) electrons. The Labute approximate surface area is 92.0 Å². The number of rotatable bonds is 4. The van der Waals surface area contributed by atoms with Crippen LogP contribution in [0.15, 0.2) is 0 Å². The van der Waals surface area contributed by atoms with Gasteiger partial charge >= 0.3 is 0 Å². The average Bonchev–Trinajstić information content (AvgIpc) is 3.02. The van der Waals surface area contributed by atoms with Crippen molar-refractivity contribution in [1.82, 2.24) is 10.6 Å². The Morgan fingerprint density at radius 2 is 2.20 bits per heavy atom. The third-order valence-electron chi connectivity index (χ3n) is 3.60.